The van der Waals surface area contributed by atoms with Crippen LogP contribution in [-0.4, -0.2) is 16.8 Å². The zero-order valence-electron chi connectivity index (χ0n) is 11.4. The Hall–Kier alpha value is -2.40. The molecule has 21 heavy (non-hydrogen) atoms. The van der Waals surface area contributed by atoms with Crippen molar-refractivity contribution in [3.05, 3.63) is 58.9 Å². The number of halogens is 1. The molecule has 2 amide bonds. The molecular formula is C15H14ClN3O2. The minimum atomic E-state index is -0.737. The number of nitrogens with one attached hydrogen (secondary N) is 2. The third-order valence-corrected chi connectivity index (χ3v) is 3.22. The van der Waals surface area contributed by atoms with Gasteiger partial charge in [0.15, 0.2) is 0 Å². The first-order valence-corrected chi connectivity index (χ1v) is 6.68. The molecule has 0 bridgehead atoms. The third kappa shape index (κ3) is 4.29. The highest BCUT2D eigenvalue weighted by atomic mass is 35.5. The van der Waals surface area contributed by atoms with E-state index < -0.39 is 11.8 Å². The van der Waals surface area contributed by atoms with Crippen molar-refractivity contribution in [2.24, 2.45) is 0 Å². The third-order valence-electron chi connectivity index (χ3n) is 2.81. The Morgan fingerprint density at radius 3 is 2.71 bits per heavy atom. The number of rotatable bonds is 3. The van der Waals surface area contributed by atoms with Gasteiger partial charge >= 0.3 is 11.8 Å². The maximum atomic E-state index is 11.7. The Morgan fingerprint density at radius 1 is 1.24 bits per heavy atom. The van der Waals surface area contributed by atoms with Gasteiger partial charge in [0.1, 0.15) is 0 Å². The topological polar surface area (TPSA) is 71.1 Å². The number of aromatic nitrogens is 1. The van der Waals surface area contributed by atoms with Gasteiger partial charge in [-0.2, -0.15) is 0 Å². The zero-order chi connectivity index (χ0) is 15.2. The summed E-state index contributed by atoms with van der Waals surface area (Å²) in [5.41, 5.74) is 2.19. The standard InChI is InChI=1S/C15H14ClN3O2/c1-10-4-5-12(7-13(10)16)19-15(21)14(20)18-9-11-3-2-6-17-8-11/h2-8H,9H2,1H3,(H,18,20)(H,19,21). The van der Waals surface area contributed by atoms with Gasteiger partial charge in [-0.3, -0.25) is 14.6 Å². The van der Waals surface area contributed by atoms with E-state index in [2.05, 4.69) is 15.6 Å². The minimum absolute atomic E-state index is 0.245. The van der Waals surface area contributed by atoms with E-state index in [1.54, 1.807) is 36.7 Å². The molecule has 0 radical (unpaired) electrons. The van der Waals surface area contributed by atoms with Crippen LogP contribution in [0, 0.1) is 6.92 Å². The van der Waals surface area contributed by atoms with E-state index in [1.807, 2.05) is 13.0 Å². The molecular weight excluding hydrogens is 290 g/mol. The SMILES string of the molecule is Cc1ccc(NC(=O)C(=O)NCc2cccnc2)cc1Cl. The average molecular weight is 304 g/mol. The summed E-state index contributed by atoms with van der Waals surface area (Å²) in [6, 6.07) is 8.63. The molecule has 0 saturated carbocycles. The molecule has 0 spiro atoms. The quantitative estimate of drug-likeness (QED) is 0.855. The number of aryl methyl sites for hydroxylation is 1. The number of carbonyl (C=O) groups excluding carboxylic acids is 2. The number of amides is 2. The molecule has 6 heteroatoms. The van der Waals surface area contributed by atoms with Crippen molar-refractivity contribution in [2.45, 2.75) is 13.5 Å². The number of pyridine rings is 1. The van der Waals surface area contributed by atoms with E-state index in [-0.39, 0.29) is 6.54 Å². The van der Waals surface area contributed by atoms with Gasteiger partial charge in [0, 0.05) is 29.6 Å². The first kappa shape index (κ1) is 15.0. The summed E-state index contributed by atoms with van der Waals surface area (Å²) in [5.74, 6) is -1.45. The van der Waals surface area contributed by atoms with Crippen LogP contribution in [0.25, 0.3) is 0 Å². The van der Waals surface area contributed by atoms with Crippen molar-refractivity contribution in [3.8, 4) is 0 Å². The molecule has 2 rings (SSSR count). The zero-order valence-corrected chi connectivity index (χ0v) is 12.1. The van der Waals surface area contributed by atoms with Gasteiger partial charge in [-0.05, 0) is 36.2 Å². The molecule has 2 N–H and O–H groups in total. The minimum Gasteiger partial charge on any atom is -0.344 e. The molecule has 0 fully saturated rings. The van der Waals surface area contributed by atoms with Gasteiger partial charge in [-0.15, -0.1) is 0 Å². The molecule has 1 heterocycles. The van der Waals surface area contributed by atoms with Crippen LogP contribution in [0.3, 0.4) is 0 Å². The largest absolute Gasteiger partial charge is 0.344 e. The lowest BCUT2D eigenvalue weighted by Gasteiger charge is -2.07. The lowest BCUT2D eigenvalue weighted by atomic mass is 10.2. The summed E-state index contributed by atoms with van der Waals surface area (Å²) in [4.78, 5) is 27.4. The lowest BCUT2D eigenvalue weighted by molar-refractivity contribution is -0.136. The maximum Gasteiger partial charge on any atom is 0.313 e. The summed E-state index contributed by atoms with van der Waals surface area (Å²) < 4.78 is 0. The Labute approximate surface area is 127 Å². The molecule has 108 valence electrons. The number of nitrogens with zero attached hydrogens (tertiary/aromatic N) is 1. The van der Waals surface area contributed by atoms with Gasteiger partial charge in [0.2, 0.25) is 0 Å². The van der Waals surface area contributed by atoms with E-state index >= 15 is 0 Å². The molecule has 2 aromatic rings. The molecule has 1 aromatic carbocycles. The molecule has 5 nitrogen and oxygen atoms in total. The summed E-state index contributed by atoms with van der Waals surface area (Å²) in [6.07, 6.45) is 3.26. The summed E-state index contributed by atoms with van der Waals surface area (Å²) in [6.45, 7) is 2.10. The van der Waals surface area contributed by atoms with E-state index in [9.17, 15) is 9.59 Å². The van der Waals surface area contributed by atoms with Crippen molar-refractivity contribution in [2.75, 3.05) is 5.32 Å². The average Bonchev–Trinajstić information content (AvgIpc) is 2.49. The summed E-state index contributed by atoms with van der Waals surface area (Å²) in [7, 11) is 0. The second-order valence-corrected chi connectivity index (χ2v) is 4.87. The van der Waals surface area contributed by atoms with Crippen LogP contribution in [0.2, 0.25) is 5.02 Å². The molecule has 0 aliphatic rings. The number of anilines is 1. The van der Waals surface area contributed by atoms with Crippen LogP contribution in [-0.2, 0) is 16.1 Å². The van der Waals surface area contributed by atoms with Crippen molar-refractivity contribution in [3.63, 3.8) is 0 Å². The Kier molecular flexibility index (Phi) is 4.90. The molecule has 0 aliphatic carbocycles. The molecule has 0 aliphatic heterocycles. The van der Waals surface area contributed by atoms with Crippen LogP contribution in [0.15, 0.2) is 42.7 Å². The number of carbonyl (C=O) groups is 2. The summed E-state index contributed by atoms with van der Waals surface area (Å²) >= 11 is 5.96. The fraction of sp³-hybridized carbons (Fsp3) is 0.133. The fourth-order valence-electron chi connectivity index (χ4n) is 1.62. The van der Waals surface area contributed by atoms with Crippen LogP contribution >= 0.6 is 11.6 Å². The molecule has 0 atom stereocenters. The van der Waals surface area contributed by atoms with E-state index in [1.165, 1.54) is 0 Å². The van der Waals surface area contributed by atoms with Crippen LogP contribution in [0.1, 0.15) is 11.1 Å². The Bertz CT molecular complexity index is 659. The second-order valence-electron chi connectivity index (χ2n) is 4.46. The molecule has 0 unspecified atom stereocenters. The van der Waals surface area contributed by atoms with Gasteiger partial charge in [-0.25, -0.2) is 0 Å². The van der Waals surface area contributed by atoms with Gasteiger partial charge < -0.3 is 10.6 Å². The van der Waals surface area contributed by atoms with E-state index in [0.717, 1.165) is 11.1 Å². The van der Waals surface area contributed by atoms with Gasteiger partial charge in [-0.1, -0.05) is 23.7 Å². The Morgan fingerprint density at radius 2 is 2.05 bits per heavy atom. The smallest absolute Gasteiger partial charge is 0.313 e. The second kappa shape index (κ2) is 6.85. The molecule has 0 saturated heterocycles. The van der Waals surface area contributed by atoms with Crippen LogP contribution < -0.4 is 10.6 Å². The van der Waals surface area contributed by atoms with E-state index in [0.29, 0.717) is 10.7 Å². The maximum absolute atomic E-state index is 11.7. The molecule has 1 aromatic heterocycles. The highest BCUT2D eigenvalue weighted by Crippen LogP contribution is 2.19. The van der Waals surface area contributed by atoms with Gasteiger partial charge in [0.05, 0.1) is 0 Å². The first-order chi connectivity index (χ1) is 10.1. The number of hydrogen-bond acceptors (Lipinski definition) is 3. The fourth-order valence-corrected chi connectivity index (χ4v) is 1.80. The van der Waals surface area contributed by atoms with Crippen molar-refractivity contribution in [1.29, 1.82) is 0 Å². The Balaban J connectivity index is 1.90. The lowest BCUT2D eigenvalue weighted by Crippen LogP contribution is -2.34. The van der Waals surface area contributed by atoms with Crippen LogP contribution in [0.5, 0.6) is 0 Å². The normalized spacial score (nSPS) is 10.0. The highest BCUT2D eigenvalue weighted by Gasteiger charge is 2.13. The van der Waals surface area contributed by atoms with E-state index in [4.69, 9.17) is 11.6 Å². The monoisotopic (exact) mass is 303 g/mol. The first-order valence-electron chi connectivity index (χ1n) is 6.30. The van der Waals surface area contributed by atoms with Crippen molar-refractivity contribution >= 4 is 29.1 Å². The van der Waals surface area contributed by atoms with Gasteiger partial charge in [0.25, 0.3) is 0 Å². The van der Waals surface area contributed by atoms with Crippen LogP contribution in [0.4, 0.5) is 5.69 Å². The number of benzene rings is 1. The summed E-state index contributed by atoms with van der Waals surface area (Å²) in [5, 5.41) is 5.55. The highest BCUT2D eigenvalue weighted by molar-refractivity contribution is 6.39. The van der Waals surface area contributed by atoms with Crippen molar-refractivity contribution in [1.82, 2.24) is 10.3 Å². The predicted molar refractivity (Wildman–Crippen MR) is 80.9 cm³/mol. The number of hydrogen-bond donors (Lipinski definition) is 2. The van der Waals surface area contributed by atoms with Crippen molar-refractivity contribution < 1.29 is 9.59 Å². The predicted octanol–water partition coefficient (Wildman–Crippen LogP) is 2.30.